The highest BCUT2D eigenvalue weighted by Gasteiger charge is 2.26. The third-order valence-electron chi connectivity index (χ3n) is 2.83. The SMILES string of the molecule is CC(C)(COC(C)(C)c1ccccc1)OCCS. The molecule has 102 valence electrons. The maximum absolute atomic E-state index is 6.03. The average molecular weight is 268 g/mol. The van der Waals surface area contributed by atoms with Gasteiger partial charge in [-0.25, -0.2) is 0 Å². The fourth-order valence-electron chi connectivity index (χ4n) is 1.64. The Hall–Kier alpha value is -0.510. The van der Waals surface area contributed by atoms with Crippen molar-refractivity contribution in [3.05, 3.63) is 35.9 Å². The molecule has 0 saturated heterocycles. The molecule has 0 amide bonds. The lowest BCUT2D eigenvalue weighted by Gasteiger charge is -2.32. The Balaban J connectivity index is 2.56. The molecule has 0 aromatic heterocycles. The molecule has 1 aromatic carbocycles. The molecule has 0 atom stereocenters. The van der Waals surface area contributed by atoms with E-state index < -0.39 is 0 Å². The molecule has 0 fully saturated rings. The lowest BCUT2D eigenvalue weighted by Crippen LogP contribution is -2.36. The summed E-state index contributed by atoms with van der Waals surface area (Å²) in [5, 5.41) is 0. The van der Waals surface area contributed by atoms with Gasteiger partial charge in [0.15, 0.2) is 0 Å². The summed E-state index contributed by atoms with van der Waals surface area (Å²) in [6.07, 6.45) is 0. The Morgan fingerprint density at radius 3 is 2.17 bits per heavy atom. The molecule has 0 N–H and O–H groups in total. The summed E-state index contributed by atoms with van der Waals surface area (Å²) in [6, 6.07) is 10.2. The standard InChI is InChI=1S/C15H24O2S/c1-14(2,16-10-11-18)12-17-15(3,4)13-8-6-5-7-9-13/h5-9,18H,10-12H2,1-4H3. The molecule has 0 unspecified atom stereocenters. The van der Waals surface area contributed by atoms with E-state index in [2.05, 4.69) is 38.6 Å². The van der Waals surface area contributed by atoms with Crippen LogP contribution in [0.25, 0.3) is 0 Å². The molecule has 0 aliphatic heterocycles. The van der Waals surface area contributed by atoms with Crippen molar-refractivity contribution in [1.82, 2.24) is 0 Å². The van der Waals surface area contributed by atoms with Gasteiger partial charge in [0.2, 0.25) is 0 Å². The highest BCUT2D eigenvalue weighted by molar-refractivity contribution is 7.80. The smallest absolute Gasteiger partial charge is 0.0876 e. The Morgan fingerprint density at radius 1 is 1.00 bits per heavy atom. The molecule has 0 heterocycles. The second-order valence-electron chi connectivity index (χ2n) is 5.50. The van der Waals surface area contributed by atoms with Crippen LogP contribution in [-0.4, -0.2) is 24.6 Å². The number of benzene rings is 1. The summed E-state index contributed by atoms with van der Waals surface area (Å²) in [4.78, 5) is 0. The van der Waals surface area contributed by atoms with Gasteiger partial charge in [0.1, 0.15) is 0 Å². The van der Waals surface area contributed by atoms with Gasteiger partial charge in [0.05, 0.1) is 24.4 Å². The van der Waals surface area contributed by atoms with Crippen LogP contribution in [-0.2, 0) is 15.1 Å². The fourth-order valence-corrected chi connectivity index (χ4v) is 1.73. The van der Waals surface area contributed by atoms with Crippen molar-refractivity contribution in [2.45, 2.75) is 38.9 Å². The molecule has 0 bridgehead atoms. The first-order valence-corrected chi connectivity index (χ1v) is 6.95. The fraction of sp³-hybridized carbons (Fsp3) is 0.600. The molecule has 0 saturated carbocycles. The van der Waals surface area contributed by atoms with E-state index in [1.54, 1.807) is 0 Å². The molecule has 0 aliphatic rings. The molecule has 3 heteroatoms. The Kier molecular flexibility index (Phi) is 5.70. The third-order valence-corrected chi connectivity index (χ3v) is 3.02. The predicted molar refractivity (Wildman–Crippen MR) is 79.3 cm³/mol. The van der Waals surface area contributed by atoms with Gasteiger partial charge in [-0.3, -0.25) is 0 Å². The predicted octanol–water partition coefficient (Wildman–Crippen LogP) is 3.66. The number of rotatable bonds is 7. The van der Waals surface area contributed by atoms with Crippen LogP contribution in [0.1, 0.15) is 33.3 Å². The van der Waals surface area contributed by atoms with E-state index in [1.165, 1.54) is 5.56 Å². The second-order valence-corrected chi connectivity index (χ2v) is 5.94. The van der Waals surface area contributed by atoms with E-state index in [-0.39, 0.29) is 11.2 Å². The quantitative estimate of drug-likeness (QED) is 0.761. The molecule has 1 aromatic rings. The van der Waals surface area contributed by atoms with Crippen molar-refractivity contribution in [2.24, 2.45) is 0 Å². The van der Waals surface area contributed by atoms with E-state index >= 15 is 0 Å². The first kappa shape index (κ1) is 15.5. The lowest BCUT2D eigenvalue weighted by atomic mass is 9.98. The van der Waals surface area contributed by atoms with Gasteiger partial charge in [-0.05, 0) is 33.3 Å². The number of hydrogen-bond donors (Lipinski definition) is 1. The first-order valence-electron chi connectivity index (χ1n) is 6.32. The van der Waals surface area contributed by atoms with Crippen LogP contribution in [0.15, 0.2) is 30.3 Å². The van der Waals surface area contributed by atoms with Crippen LogP contribution < -0.4 is 0 Å². The summed E-state index contributed by atoms with van der Waals surface area (Å²) in [5.41, 5.74) is 0.590. The number of ether oxygens (including phenoxy) is 2. The highest BCUT2D eigenvalue weighted by Crippen LogP contribution is 2.26. The van der Waals surface area contributed by atoms with E-state index in [1.807, 2.05) is 32.0 Å². The van der Waals surface area contributed by atoms with Crippen molar-refractivity contribution in [1.29, 1.82) is 0 Å². The van der Waals surface area contributed by atoms with Crippen molar-refractivity contribution in [2.75, 3.05) is 19.0 Å². The number of thiol groups is 1. The van der Waals surface area contributed by atoms with Crippen LogP contribution in [0.2, 0.25) is 0 Å². The van der Waals surface area contributed by atoms with E-state index in [4.69, 9.17) is 9.47 Å². The summed E-state index contributed by atoms with van der Waals surface area (Å²) in [5.74, 6) is 0.728. The molecular formula is C15H24O2S. The van der Waals surface area contributed by atoms with Crippen molar-refractivity contribution < 1.29 is 9.47 Å². The van der Waals surface area contributed by atoms with Gasteiger partial charge in [-0.1, -0.05) is 30.3 Å². The Bertz CT molecular complexity index is 347. The number of hydrogen-bond acceptors (Lipinski definition) is 3. The van der Waals surface area contributed by atoms with Gasteiger partial charge in [0.25, 0.3) is 0 Å². The van der Waals surface area contributed by atoms with Crippen molar-refractivity contribution in [3.8, 4) is 0 Å². The maximum atomic E-state index is 6.03. The zero-order valence-corrected chi connectivity index (χ0v) is 12.7. The van der Waals surface area contributed by atoms with E-state index in [9.17, 15) is 0 Å². The normalized spacial score (nSPS) is 12.7. The summed E-state index contributed by atoms with van der Waals surface area (Å²) >= 11 is 4.15. The lowest BCUT2D eigenvalue weighted by molar-refractivity contribution is -0.119. The van der Waals surface area contributed by atoms with Crippen molar-refractivity contribution >= 4 is 12.6 Å². The van der Waals surface area contributed by atoms with Gasteiger partial charge < -0.3 is 9.47 Å². The highest BCUT2D eigenvalue weighted by atomic mass is 32.1. The van der Waals surface area contributed by atoms with E-state index in [0.29, 0.717) is 13.2 Å². The zero-order chi connectivity index (χ0) is 13.6. The molecule has 0 spiro atoms. The summed E-state index contributed by atoms with van der Waals surface area (Å²) < 4.78 is 11.7. The minimum atomic E-state index is -0.303. The second kappa shape index (κ2) is 6.60. The first-order chi connectivity index (χ1) is 8.37. The van der Waals surface area contributed by atoms with Gasteiger partial charge >= 0.3 is 0 Å². The van der Waals surface area contributed by atoms with Crippen LogP contribution in [0.5, 0.6) is 0 Å². The van der Waals surface area contributed by atoms with E-state index in [0.717, 1.165) is 5.75 Å². The maximum Gasteiger partial charge on any atom is 0.0876 e. The van der Waals surface area contributed by atoms with Gasteiger partial charge in [-0.2, -0.15) is 12.6 Å². The Labute approximate surface area is 116 Å². The summed E-state index contributed by atoms with van der Waals surface area (Å²) in [6.45, 7) is 9.44. The van der Waals surface area contributed by atoms with Gasteiger partial charge in [-0.15, -0.1) is 0 Å². The molecular weight excluding hydrogens is 244 g/mol. The molecule has 2 nitrogen and oxygen atoms in total. The molecule has 0 aliphatic carbocycles. The molecule has 1 rings (SSSR count). The minimum absolute atomic E-state index is 0.283. The van der Waals surface area contributed by atoms with Crippen LogP contribution in [0, 0.1) is 0 Å². The largest absolute Gasteiger partial charge is 0.372 e. The molecule has 18 heavy (non-hydrogen) atoms. The third kappa shape index (κ3) is 5.01. The summed E-state index contributed by atoms with van der Waals surface area (Å²) in [7, 11) is 0. The average Bonchev–Trinajstić information content (AvgIpc) is 2.36. The minimum Gasteiger partial charge on any atom is -0.372 e. The zero-order valence-electron chi connectivity index (χ0n) is 11.8. The van der Waals surface area contributed by atoms with Gasteiger partial charge in [0, 0.05) is 5.75 Å². The van der Waals surface area contributed by atoms with Crippen LogP contribution >= 0.6 is 12.6 Å². The van der Waals surface area contributed by atoms with Crippen molar-refractivity contribution in [3.63, 3.8) is 0 Å². The topological polar surface area (TPSA) is 18.5 Å². The molecule has 0 radical (unpaired) electrons. The van der Waals surface area contributed by atoms with Crippen LogP contribution in [0.4, 0.5) is 0 Å². The Morgan fingerprint density at radius 2 is 1.61 bits per heavy atom. The van der Waals surface area contributed by atoms with Crippen LogP contribution in [0.3, 0.4) is 0 Å². The monoisotopic (exact) mass is 268 g/mol.